The lowest BCUT2D eigenvalue weighted by atomic mass is 9.82. The van der Waals surface area contributed by atoms with Crippen molar-refractivity contribution in [2.75, 3.05) is 92.1 Å². The molecule has 466 valence electrons. The van der Waals surface area contributed by atoms with Crippen LogP contribution in [0.25, 0.3) is 0 Å². The fraction of sp³-hybridized carbons (Fsp3) is 0.821. The zero-order valence-electron chi connectivity index (χ0n) is 49.0. The summed E-state index contributed by atoms with van der Waals surface area (Å²) in [5.41, 5.74) is 4.17. The molecule has 1 unspecified atom stereocenters. The Morgan fingerprint density at radius 2 is 0.887 bits per heavy atom. The van der Waals surface area contributed by atoms with E-state index in [0.717, 1.165) is 38.5 Å². The number of primary amides is 1. The maximum absolute atomic E-state index is 11.7. The van der Waals surface area contributed by atoms with Crippen molar-refractivity contribution >= 4 is 59.8 Å². The third-order valence-corrected chi connectivity index (χ3v) is 12.3. The Morgan fingerprint density at radius 3 is 1.31 bits per heavy atom. The number of amides is 7. The van der Waals surface area contributed by atoms with Crippen LogP contribution in [0.5, 0.6) is 0 Å². The van der Waals surface area contributed by atoms with Crippen LogP contribution in [0.3, 0.4) is 0 Å². The van der Waals surface area contributed by atoms with Gasteiger partial charge in [0, 0.05) is 64.3 Å². The number of carbonyl (C=O) groups excluding carboxylic acids is 7. The lowest BCUT2D eigenvalue weighted by molar-refractivity contribution is -0.143. The predicted octanol–water partition coefficient (Wildman–Crippen LogP) is 4.77. The third kappa shape index (κ3) is 61.7. The van der Waals surface area contributed by atoms with E-state index in [4.69, 9.17) is 39.1 Å². The van der Waals surface area contributed by atoms with Crippen molar-refractivity contribution in [2.24, 2.45) is 23.5 Å². The summed E-state index contributed by atoms with van der Waals surface area (Å²) in [5.74, 6) is -4.30. The predicted molar refractivity (Wildman–Crippen MR) is 303 cm³/mol. The molecule has 0 aliphatic heterocycles. The fourth-order valence-electron chi connectivity index (χ4n) is 7.60. The third-order valence-electron chi connectivity index (χ3n) is 12.3. The number of hydrogen-bond donors (Lipinski definition) is 10. The van der Waals surface area contributed by atoms with Gasteiger partial charge < -0.3 is 71.9 Å². The number of nitrogens with one attached hydrogen (secondary N) is 6. The van der Waals surface area contributed by atoms with E-state index in [2.05, 4.69) is 51.5 Å². The molecule has 0 heterocycles. The Morgan fingerprint density at radius 1 is 0.487 bits per heavy atom. The number of nitrogens with two attached hydrogens (primary N) is 1. The SMILES string of the molecule is CC1CCC(C(=O)NCC(=O)O)CC1.CCC(=O)NCCOCCOCC(=O)NCCOCCOCC(=O)NCCNC(=O)CCNC(=O)CC(C)C(=O)O.CCCCCCCCCCCCCCCCCCCC(=O)O.NC=O. The van der Waals surface area contributed by atoms with E-state index in [1.165, 1.54) is 103 Å². The molecule has 0 aromatic rings. The van der Waals surface area contributed by atoms with Gasteiger partial charge in [0.15, 0.2) is 0 Å². The second-order valence-corrected chi connectivity index (χ2v) is 19.6. The monoisotopic (exact) mass is 1150 g/mol. The highest BCUT2D eigenvalue weighted by Gasteiger charge is 2.24. The second-order valence-electron chi connectivity index (χ2n) is 19.6. The van der Waals surface area contributed by atoms with Gasteiger partial charge in [0.05, 0.1) is 45.6 Å². The maximum Gasteiger partial charge on any atom is 0.322 e. The van der Waals surface area contributed by atoms with Gasteiger partial charge in [0.25, 0.3) is 0 Å². The Kier molecular flexibility index (Phi) is 58.7. The zero-order valence-corrected chi connectivity index (χ0v) is 49.0. The average Bonchev–Trinajstić information content (AvgIpc) is 3.42. The Bertz CT molecular complexity index is 1620. The lowest BCUT2D eigenvalue weighted by Crippen LogP contribution is -2.37. The Balaban J connectivity index is -0.00000125. The summed E-state index contributed by atoms with van der Waals surface area (Å²) in [6, 6.07) is 0. The molecule has 0 radical (unpaired) electrons. The minimum absolute atomic E-state index is 0.0280. The normalized spacial score (nSPS) is 13.7. The van der Waals surface area contributed by atoms with E-state index in [9.17, 15) is 43.2 Å². The highest BCUT2D eigenvalue weighted by molar-refractivity contribution is 5.83. The van der Waals surface area contributed by atoms with Crippen LogP contribution >= 0.6 is 0 Å². The molecular formula is C56H105N7O17. The first-order valence-electron chi connectivity index (χ1n) is 29.2. The smallest absolute Gasteiger partial charge is 0.322 e. The quantitative estimate of drug-likeness (QED) is 0.0290. The summed E-state index contributed by atoms with van der Waals surface area (Å²) >= 11 is 0. The molecule has 0 spiro atoms. The lowest BCUT2D eigenvalue weighted by Gasteiger charge is -2.24. The molecule has 80 heavy (non-hydrogen) atoms. The van der Waals surface area contributed by atoms with Crippen molar-refractivity contribution in [3.63, 3.8) is 0 Å². The van der Waals surface area contributed by atoms with Gasteiger partial charge in [-0.1, -0.05) is 130 Å². The number of carboxylic acids is 3. The van der Waals surface area contributed by atoms with E-state index in [1.807, 2.05) is 0 Å². The van der Waals surface area contributed by atoms with Crippen LogP contribution in [0.1, 0.15) is 188 Å². The van der Waals surface area contributed by atoms with E-state index < -0.39 is 29.7 Å². The number of carboxylic acid groups (broad SMARTS) is 3. The molecule has 1 fully saturated rings. The molecule has 0 bridgehead atoms. The van der Waals surface area contributed by atoms with Gasteiger partial charge in [-0.3, -0.25) is 47.9 Å². The van der Waals surface area contributed by atoms with E-state index in [-0.39, 0.29) is 121 Å². The summed E-state index contributed by atoms with van der Waals surface area (Å²) in [6.45, 7) is 9.93. The van der Waals surface area contributed by atoms with Crippen molar-refractivity contribution in [3.05, 3.63) is 0 Å². The minimum Gasteiger partial charge on any atom is -0.481 e. The van der Waals surface area contributed by atoms with Crippen LogP contribution in [0, 0.1) is 17.8 Å². The number of carbonyl (C=O) groups is 10. The number of ether oxygens (including phenoxy) is 4. The van der Waals surface area contributed by atoms with Crippen molar-refractivity contribution < 1.29 is 82.2 Å². The molecular weight excluding hydrogens is 1040 g/mol. The fourth-order valence-corrected chi connectivity index (χ4v) is 7.60. The average molecular weight is 1150 g/mol. The first-order valence-corrected chi connectivity index (χ1v) is 29.2. The van der Waals surface area contributed by atoms with Gasteiger partial charge in [-0.15, -0.1) is 0 Å². The van der Waals surface area contributed by atoms with E-state index in [1.54, 1.807) is 6.92 Å². The van der Waals surface area contributed by atoms with Gasteiger partial charge in [0.1, 0.15) is 19.8 Å². The van der Waals surface area contributed by atoms with Gasteiger partial charge in [-0.25, -0.2) is 0 Å². The van der Waals surface area contributed by atoms with Crippen LogP contribution < -0.4 is 37.6 Å². The summed E-state index contributed by atoms with van der Waals surface area (Å²) < 4.78 is 21.0. The molecule has 0 aromatic carbocycles. The van der Waals surface area contributed by atoms with E-state index >= 15 is 0 Å². The van der Waals surface area contributed by atoms with E-state index in [0.29, 0.717) is 45.1 Å². The number of unbranched alkanes of at least 4 members (excludes halogenated alkanes) is 16. The van der Waals surface area contributed by atoms with Gasteiger partial charge in [0.2, 0.25) is 41.9 Å². The van der Waals surface area contributed by atoms with Crippen LogP contribution in [0.15, 0.2) is 0 Å². The van der Waals surface area contributed by atoms with Crippen molar-refractivity contribution in [3.8, 4) is 0 Å². The molecule has 1 aliphatic carbocycles. The zero-order chi connectivity index (χ0) is 60.3. The van der Waals surface area contributed by atoms with Crippen molar-refractivity contribution in [1.82, 2.24) is 31.9 Å². The number of hydrogen-bond acceptors (Lipinski definition) is 14. The first-order chi connectivity index (χ1) is 38.4. The summed E-state index contributed by atoms with van der Waals surface area (Å²) in [4.78, 5) is 109. The van der Waals surface area contributed by atoms with Crippen LogP contribution in [-0.4, -0.2) is 167 Å². The van der Waals surface area contributed by atoms with Crippen LogP contribution in [0.4, 0.5) is 0 Å². The van der Waals surface area contributed by atoms with Gasteiger partial charge in [-0.05, 0) is 38.0 Å². The number of rotatable bonds is 47. The summed E-state index contributed by atoms with van der Waals surface area (Å²) in [6.07, 6.45) is 27.6. The Labute approximate surface area is 476 Å². The standard InChI is InChI=1S/C25H45N5O11.C20H40O2.C10H17NO3.CH3NO/c1-3-20(31)29-8-10-38-12-15-41-18-24(35)30-9-11-39-13-14-40-17-23(34)28-7-6-27-21(32)4-5-26-22(33)16-19(2)25(36)37;1-2-3-4-5-6-7-8-9-10-11-12-13-14-15-16-17-18-19-20(21)22;1-7-2-4-8(5-3-7)10(14)11-6-9(12)13;2-1-3/h19H,3-18H2,1-2H3,(H,26,33)(H,27,32)(H,28,34)(H,29,31)(H,30,35)(H,36,37);2-19H2,1H3,(H,21,22);7-8H,2-6H2,1H3,(H,11,14)(H,12,13);1H,(H2,2,3). The molecule has 1 saturated carbocycles. The summed E-state index contributed by atoms with van der Waals surface area (Å²) in [7, 11) is 0. The molecule has 0 saturated heterocycles. The van der Waals surface area contributed by atoms with Gasteiger partial charge in [-0.2, -0.15) is 0 Å². The summed E-state index contributed by atoms with van der Waals surface area (Å²) in [5, 5.41) is 41.1. The molecule has 24 nitrogen and oxygen atoms in total. The molecule has 11 N–H and O–H groups in total. The van der Waals surface area contributed by atoms with Crippen molar-refractivity contribution in [1.29, 1.82) is 0 Å². The number of aliphatic carboxylic acids is 3. The highest BCUT2D eigenvalue weighted by atomic mass is 16.5. The molecule has 7 amide bonds. The second kappa shape index (κ2) is 59.7. The molecule has 24 heteroatoms. The largest absolute Gasteiger partial charge is 0.481 e. The van der Waals surface area contributed by atoms with Crippen molar-refractivity contribution in [2.45, 2.75) is 188 Å². The molecule has 0 aromatic heterocycles. The molecule has 1 atom stereocenters. The first kappa shape index (κ1) is 78.8. The van der Waals surface area contributed by atoms with Crippen LogP contribution in [0.2, 0.25) is 0 Å². The minimum atomic E-state index is -1.06. The van der Waals surface area contributed by atoms with Crippen LogP contribution in [-0.2, 0) is 66.9 Å². The maximum atomic E-state index is 11.7. The highest BCUT2D eigenvalue weighted by Crippen LogP contribution is 2.28. The molecule has 1 rings (SSSR count). The van der Waals surface area contributed by atoms with Gasteiger partial charge >= 0.3 is 17.9 Å². The Hall–Kier alpha value is -5.46. The molecule has 1 aliphatic rings. The topological polar surface area (TPSA) is 367 Å².